The smallest absolute Gasteiger partial charge is 0.274 e. The summed E-state index contributed by atoms with van der Waals surface area (Å²) >= 11 is 6.13. The molecule has 27 heavy (non-hydrogen) atoms. The van der Waals surface area contributed by atoms with Crippen LogP contribution >= 0.6 is 11.6 Å². The van der Waals surface area contributed by atoms with Gasteiger partial charge in [-0.15, -0.1) is 0 Å². The van der Waals surface area contributed by atoms with Crippen LogP contribution in [0.2, 0.25) is 5.02 Å². The summed E-state index contributed by atoms with van der Waals surface area (Å²) in [7, 11) is 1.55. The number of halogens is 1. The van der Waals surface area contributed by atoms with E-state index in [1.54, 1.807) is 25.4 Å². The molecule has 1 saturated heterocycles. The Morgan fingerprint density at radius 2 is 2.00 bits per heavy atom. The molecule has 1 N–H and O–H groups in total. The van der Waals surface area contributed by atoms with Crippen LogP contribution in [0.25, 0.3) is 0 Å². The molecule has 6 nitrogen and oxygen atoms in total. The Balaban J connectivity index is 1.76. The first-order valence-electron chi connectivity index (χ1n) is 9.10. The second kappa shape index (κ2) is 8.59. The van der Waals surface area contributed by atoms with E-state index in [-0.39, 0.29) is 5.91 Å². The molecule has 7 heteroatoms. The van der Waals surface area contributed by atoms with Crippen molar-refractivity contribution in [3.8, 4) is 5.75 Å². The van der Waals surface area contributed by atoms with Gasteiger partial charge in [0.25, 0.3) is 5.91 Å². The van der Waals surface area contributed by atoms with Gasteiger partial charge in [0.15, 0.2) is 0 Å². The first kappa shape index (κ1) is 19.5. The second-order valence-electron chi connectivity index (χ2n) is 6.58. The number of amides is 1. The number of anilines is 2. The molecule has 2 aromatic rings. The molecule has 0 radical (unpaired) electrons. The highest BCUT2D eigenvalue weighted by Crippen LogP contribution is 2.31. The van der Waals surface area contributed by atoms with Crippen LogP contribution in [0.5, 0.6) is 5.75 Å². The Kier molecular flexibility index (Phi) is 6.19. The fourth-order valence-electron chi connectivity index (χ4n) is 3.18. The number of likely N-dealkylation sites (N-methyl/N-ethyl adjacent to an activating group) is 1. The Hall–Kier alpha value is -2.31. The van der Waals surface area contributed by atoms with Crippen molar-refractivity contribution >= 4 is 28.9 Å². The number of carbonyl (C=O) groups is 1. The van der Waals surface area contributed by atoms with E-state index >= 15 is 0 Å². The van der Waals surface area contributed by atoms with Crippen LogP contribution in [-0.4, -0.2) is 55.6 Å². The first-order chi connectivity index (χ1) is 13.0. The minimum absolute atomic E-state index is 0.274. The van der Waals surface area contributed by atoms with Gasteiger partial charge in [-0.25, -0.2) is 0 Å². The lowest BCUT2D eigenvalue weighted by Crippen LogP contribution is -2.46. The van der Waals surface area contributed by atoms with Crippen molar-refractivity contribution in [2.45, 2.75) is 13.8 Å². The number of nitrogens with one attached hydrogen (secondary N) is 1. The lowest BCUT2D eigenvalue weighted by atomic mass is 10.2. The highest BCUT2D eigenvalue weighted by Gasteiger charge is 2.18. The van der Waals surface area contributed by atoms with Crippen molar-refractivity contribution in [2.24, 2.45) is 0 Å². The molecule has 1 fully saturated rings. The summed E-state index contributed by atoms with van der Waals surface area (Å²) in [5.74, 6) is 0.245. The highest BCUT2D eigenvalue weighted by atomic mass is 35.5. The van der Waals surface area contributed by atoms with Crippen LogP contribution < -0.4 is 15.0 Å². The second-order valence-corrected chi connectivity index (χ2v) is 6.98. The summed E-state index contributed by atoms with van der Waals surface area (Å²) in [6, 6.07) is 7.29. The van der Waals surface area contributed by atoms with E-state index in [1.165, 1.54) is 0 Å². The van der Waals surface area contributed by atoms with Gasteiger partial charge < -0.3 is 19.9 Å². The zero-order valence-corrected chi connectivity index (χ0v) is 16.7. The van der Waals surface area contributed by atoms with Crippen LogP contribution in [0, 0.1) is 6.92 Å². The van der Waals surface area contributed by atoms with Gasteiger partial charge in [-0.3, -0.25) is 9.78 Å². The van der Waals surface area contributed by atoms with Crippen LogP contribution in [-0.2, 0) is 0 Å². The number of rotatable bonds is 5. The molecule has 0 spiro atoms. The summed E-state index contributed by atoms with van der Waals surface area (Å²) in [4.78, 5) is 21.7. The van der Waals surface area contributed by atoms with Crippen molar-refractivity contribution < 1.29 is 9.53 Å². The number of nitrogens with zero attached hydrogens (tertiary/aromatic N) is 3. The zero-order chi connectivity index (χ0) is 19.4. The highest BCUT2D eigenvalue weighted by molar-refractivity contribution is 6.31. The predicted octanol–water partition coefficient (Wildman–Crippen LogP) is 3.45. The summed E-state index contributed by atoms with van der Waals surface area (Å²) in [6.45, 7) is 9.08. The summed E-state index contributed by atoms with van der Waals surface area (Å²) in [5.41, 5.74) is 2.83. The molecule has 0 atom stereocenters. The molecular weight excluding hydrogens is 364 g/mol. The van der Waals surface area contributed by atoms with E-state index in [9.17, 15) is 4.79 Å². The Labute approximate surface area is 165 Å². The van der Waals surface area contributed by atoms with E-state index in [4.69, 9.17) is 16.3 Å². The molecule has 3 rings (SSSR count). The third kappa shape index (κ3) is 4.51. The number of hydrogen-bond donors (Lipinski definition) is 1. The normalized spacial score (nSPS) is 14.9. The molecule has 0 unspecified atom stereocenters. The number of methoxy groups -OCH3 is 1. The maximum Gasteiger partial charge on any atom is 0.274 e. The lowest BCUT2D eigenvalue weighted by Gasteiger charge is -2.35. The fourth-order valence-corrected chi connectivity index (χ4v) is 3.33. The summed E-state index contributed by atoms with van der Waals surface area (Å²) < 4.78 is 5.33. The number of piperazine rings is 1. The molecule has 144 valence electrons. The Morgan fingerprint density at radius 3 is 2.67 bits per heavy atom. The number of benzene rings is 1. The van der Waals surface area contributed by atoms with E-state index < -0.39 is 0 Å². The molecule has 0 saturated carbocycles. The Bertz CT molecular complexity index is 820. The first-order valence-corrected chi connectivity index (χ1v) is 9.48. The molecular formula is C20H25ClN4O2. The molecule has 0 aliphatic carbocycles. The SMILES string of the molecule is CCN1CCN(c2ccnc(C(=O)Nc3cc(C)c(Cl)cc3OC)c2)CC1. The maximum atomic E-state index is 12.7. The summed E-state index contributed by atoms with van der Waals surface area (Å²) in [6.07, 6.45) is 1.68. The molecule has 1 aromatic carbocycles. The van der Waals surface area contributed by atoms with E-state index in [0.717, 1.165) is 44.0 Å². The fraction of sp³-hybridized carbons (Fsp3) is 0.400. The van der Waals surface area contributed by atoms with Crippen LogP contribution in [0.4, 0.5) is 11.4 Å². The van der Waals surface area contributed by atoms with Crippen molar-refractivity contribution in [2.75, 3.05) is 50.1 Å². The number of carbonyl (C=O) groups excluding carboxylic acids is 1. The predicted molar refractivity (Wildman–Crippen MR) is 109 cm³/mol. The van der Waals surface area contributed by atoms with Crippen molar-refractivity contribution in [1.29, 1.82) is 0 Å². The quantitative estimate of drug-likeness (QED) is 0.850. The number of ether oxygens (including phenoxy) is 1. The molecule has 1 aliphatic heterocycles. The van der Waals surface area contributed by atoms with Crippen LogP contribution in [0.3, 0.4) is 0 Å². The van der Waals surface area contributed by atoms with Gasteiger partial charge in [0.2, 0.25) is 0 Å². The third-order valence-corrected chi connectivity index (χ3v) is 5.30. The van der Waals surface area contributed by atoms with Gasteiger partial charge in [0.1, 0.15) is 11.4 Å². The van der Waals surface area contributed by atoms with Gasteiger partial charge in [0.05, 0.1) is 12.8 Å². The standard InChI is InChI=1S/C20H25ClN4O2/c1-4-24-7-9-25(10-8-24)15-5-6-22-18(12-15)20(26)23-17-11-14(2)16(21)13-19(17)27-3/h5-6,11-13H,4,7-10H2,1-3H3,(H,23,26). The van der Waals surface area contributed by atoms with Gasteiger partial charge >= 0.3 is 0 Å². The average molecular weight is 389 g/mol. The molecule has 1 amide bonds. The van der Waals surface area contributed by atoms with E-state index in [0.29, 0.717) is 22.2 Å². The molecule has 1 aliphatic rings. The number of aromatic nitrogens is 1. The number of hydrogen-bond acceptors (Lipinski definition) is 5. The van der Waals surface area contributed by atoms with Crippen molar-refractivity contribution in [3.63, 3.8) is 0 Å². The van der Waals surface area contributed by atoms with Gasteiger partial charge in [0, 0.05) is 49.2 Å². The van der Waals surface area contributed by atoms with Gasteiger partial charge in [-0.2, -0.15) is 0 Å². The minimum atomic E-state index is -0.274. The zero-order valence-electron chi connectivity index (χ0n) is 16.0. The number of aryl methyl sites for hydroxylation is 1. The van der Waals surface area contributed by atoms with Crippen molar-refractivity contribution in [1.82, 2.24) is 9.88 Å². The monoisotopic (exact) mass is 388 g/mol. The average Bonchev–Trinajstić information content (AvgIpc) is 2.70. The number of pyridine rings is 1. The lowest BCUT2D eigenvalue weighted by molar-refractivity contribution is 0.102. The van der Waals surface area contributed by atoms with Crippen LogP contribution in [0.15, 0.2) is 30.5 Å². The van der Waals surface area contributed by atoms with Gasteiger partial charge in [-0.05, 0) is 37.2 Å². The summed E-state index contributed by atoms with van der Waals surface area (Å²) in [5, 5.41) is 3.47. The van der Waals surface area contributed by atoms with E-state index in [2.05, 4.69) is 27.0 Å². The largest absolute Gasteiger partial charge is 0.495 e. The molecule has 2 heterocycles. The Morgan fingerprint density at radius 1 is 1.26 bits per heavy atom. The maximum absolute atomic E-state index is 12.7. The molecule has 0 bridgehead atoms. The topological polar surface area (TPSA) is 57.7 Å². The van der Waals surface area contributed by atoms with Crippen LogP contribution in [0.1, 0.15) is 23.0 Å². The molecule has 1 aromatic heterocycles. The van der Waals surface area contributed by atoms with Crippen molar-refractivity contribution in [3.05, 3.63) is 46.7 Å². The third-order valence-electron chi connectivity index (χ3n) is 4.89. The van der Waals surface area contributed by atoms with Gasteiger partial charge in [-0.1, -0.05) is 18.5 Å². The van der Waals surface area contributed by atoms with E-state index in [1.807, 2.05) is 19.1 Å². The minimum Gasteiger partial charge on any atom is -0.495 e.